The van der Waals surface area contributed by atoms with Gasteiger partial charge in [0.1, 0.15) is 0 Å². The summed E-state index contributed by atoms with van der Waals surface area (Å²) >= 11 is 0. The van der Waals surface area contributed by atoms with Crippen LogP contribution < -0.4 is 10.9 Å². The highest BCUT2D eigenvalue weighted by Gasteiger charge is 2.06. The van der Waals surface area contributed by atoms with Crippen LogP contribution in [0.5, 0.6) is 0 Å². The van der Waals surface area contributed by atoms with Crippen LogP contribution in [0, 0.1) is 0 Å². The third kappa shape index (κ3) is 3.90. The van der Waals surface area contributed by atoms with Crippen molar-refractivity contribution in [1.29, 1.82) is 0 Å². The van der Waals surface area contributed by atoms with E-state index in [0.29, 0.717) is 32.4 Å². The van der Waals surface area contributed by atoms with E-state index in [2.05, 4.69) is 21.5 Å². The van der Waals surface area contributed by atoms with Crippen molar-refractivity contribution in [2.24, 2.45) is 0 Å². The van der Waals surface area contributed by atoms with Crippen LogP contribution in [0.25, 0.3) is 10.9 Å². The first-order valence-electron chi connectivity index (χ1n) is 8.08. The van der Waals surface area contributed by atoms with Gasteiger partial charge in [0.05, 0.1) is 0 Å². The van der Waals surface area contributed by atoms with Crippen LogP contribution in [0.4, 0.5) is 0 Å². The van der Waals surface area contributed by atoms with Crippen molar-refractivity contribution < 1.29 is 4.79 Å². The van der Waals surface area contributed by atoms with Gasteiger partial charge in [-0.1, -0.05) is 18.2 Å². The van der Waals surface area contributed by atoms with E-state index in [1.807, 2.05) is 24.4 Å². The number of H-pyrrole nitrogens is 1. The smallest absolute Gasteiger partial charge is 0.266 e. The maximum atomic E-state index is 11.9. The molecular weight excluding hydrogens is 304 g/mol. The number of amides is 1. The second-order valence-corrected chi connectivity index (χ2v) is 5.65. The van der Waals surface area contributed by atoms with Gasteiger partial charge in [0.2, 0.25) is 5.91 Å². The summed E-state index contributed by atoms with van der Waals surface area (Å²) in [6.45, 7) is 1.04. The molecule has 2 heterocycles. The van der Waals surface area contributed by atoms with Crippen LogP contribution in [-0.2, 0) is 17.8 Å². The van der Waals surface area contributed by atoms with Gasteiger partial charge < -0.3 is 10.3 Å². The molecule has 0 fully saturated rings. The molecule has 0 bridgehead atoms. The number of nitrogens with one attached hydrogen (secondary N) is 2. The Labute approximate surface area is 139 Å². The van der Waals surface area contributed by atoms with E-state index in [1.165, 1.54) is 16.1 Å². The van der Waals surface area contributed by atoms with E-state index in [1.54, 1.807) is 12.3 Å². The minimum atomic E-state index is -0.122. The summed E-state index contributed by atoms with van der Waals surface area (Å²) in [6, 6.07) is 11.2. The molecule has 3 aromatic rings. The van der Waals surface area contributed by atoms with E-state index in [4.69, 9.17) is 0 Å². The number of carbonyl (C=O) groups is 1. The van der Waals surface area contributed by atoms with Gasteiger partial charge in [-0.2, -0.15) is 5.10 Å². The monoisotopic (exact) mass is 324 g/mol. The molecule has 6 nitrogen and oxygen atoms in total. The summed E-state index contributed by atoms with van der Waals surface area (Å²) in [5.41, 5.74) is 2.12. The number of hydrogen-bond acceptors (Lipinski definition) is 3. The molecule has 2 aromatic heterocycles. The molecule has 3 rings (SSSR count). The first-order valence-corrected chi connectivity index (χ1v) is 8.08. The number of aryl methyl sites for hydroxylation is 2. The zero-order chi connectivity index (χ0) is 16.8. The van der Waals surface area contributed by atoms with Crippen molar-refractivity contribution >= 4 is 16.8 Å². The number of carbonyl (C=O) groups excluding carboxylic acids is 1. The SMILES string of the molecule is O=C(CCc1c[nH]c2ccccc12)NCCCn1ncccc1=O. The quantitative estimate of drug-likeness (QED) is 0.651. The molecule has 0 radical (unpaired) electrons. The lowest BCUT2D eigenvalue weighted by atomic mass is 10.1. The number of para-hydroxylation sites is 1. The number of rotatable bonds is 7. The molecule has 0 unspecified atom stereocenters. The summed E-state index contributed by atoms with van der Waals surface area (Å²) in [4.78, 5) is 26.7. The molecule has 0 atom stereocenters. The van der Waals surface area contributed by atoms with Gasteiger partial charge in [0, 0.05) is 48.9 Å². The number of fused-ring (bicyclic) bond motifs is 1. The van der Waals surface area contributed by atoms with Crippen molar-refractivity contribution in [1.82, 2.24) is 20.1 Å². The third-order valence-corrected chi connectivity index (χ3v) is 3.95. The van der Waals surface area contributed by atoms with E-state index in [0.717, 1.165) is 11.1 Å². The van der Waals surface area contributed by atoms with Crippen LogP contribution in [0.2, 0.25) is 0 Å². The second-order valence-electron chi connectivity index (χ2n) is 5.65. The molecule has 0 saturated heterocycles. The van der Waals surface area contributed by atoms with Crippen molar-refractivity contribution in [3.8, 4) is 0 Å². The summed E-state index contributed by atoms with van der Waals surface area (Å²) in [7, 11) is 0. The molecule has 0 aliphatic carbocycles. The van der Waals surface area contributed by atoms with Crippen molar-refractivity contribution in [3.05, 3.63) is 64.7 Å². The van der Waals surface area contributed by atoms with E-state index >= 15 is 0 Å². The number of aromatic nitrogens is 3. The standard InChI is InChI=1S/C18H20N4O2/c23-17(19-10-4-12-22-18(24)7-3-11-21-22)9-8-14-13-20-16-6-2-1-5-15(14)16/h1-3,5-7,11,13,20H,4,8-10,12H2,(H,19,23). The van der Waals surface area contributed by atoms with Crippen LogP contribution in [0.3, 0.4) is 0 Å². The summed E-state index contributed by atoms with van der Waals surface area (Å²) in [6.07, 6.45) is 5.38. The normalized spacial score (nSPS) is 10.8. The fraction of sp³-hybridized carbons (Fsp3) is 0.278. The molecule has 0 aliphatic rings. The van der Waals surface area contributed by atoms with Crippen LogP contribution in [0.15, 0.2) is 53.6 Å². The number of benzene rings is 1. The second kappa shape index (κ2) is 7.59. The maximum absolute atomic E-state index is 11.9. The van der Waals surface area contributed by atoms with E-state index < -0.39 is 0 Å². The van der Waals surface area contributed by atoms with Crippen molar-refractivity contribution in [3.63, 3.8) is 0 Å². The van der Waals surface area contributed by atoms with Gasteiger partial charge in [-0.05, 0) is 30.5 Å². The lowest BCUT2D eigenvalue weighted by Gasteiger charge is -2.06. The van der Waals surface area contributed by atoms with Crippen molar-refractivity contribution in [2.75, 3.05) is 6.54 Å². The zero-order valence-electron chi connectivity index (χ0n) is 13.4. The summed E-state index contributed by atoms with van der Waals surface area (Å²) < 4.78 is 1.40. The average molecular weight is 324 g/mol. The largest absolute Gasteiger partial charge is 0.361 e. The Balaban J connectivity index is 1.42. The molecule has 0 aliphatic heterocycles. The molecule has 1 amide bonds. The molecule has 24 heavy (non-hydrogen) atoms. The first kappa shape index (κ1) is 16.0. The van der Waals surface area contributed by atoms with E-state index in [-0.39, 0.29) is 11.5 Å². The number of aromatic amines is 1. The highest BCUT2D eigenvalue weighted by atomic mass is 16.1. The number of hydrogen-bond donors (Lipinski definition) is 2. The lowest BCUT2D eigenvalue weighted by Crippen LogP contribution is -2.27. The Kier molecular flexibility index (Phi) is 5.05. The third-order valence-electron chi connectivity index (χ3n) is 3.95. The van der Waals surface area contributed by atoms with Crippen LogP contribution in [-0.4, -0.2) is 27.2 Å². The minimum absolute atomic E-state index is 0.0219. The van der Waals surface area contributed by atoms with Gasteiger partial charge in [-0.25, -0.2) is 4.68 Å². The Morgan fingerprint density at radius 1 is 1.21 bits per heavy atom. The molecular formula is C18H20N4O2. The maximum Gasteiger partial charge on any atom is 0.266 e. The van der Waals surface area contributed by atoms with Gasteiger partial charge >= 0.3 is 0 Å². The zero-order valence-corrected chi connectivity index (χ0v) is 13.4. The topological polar surface area (TPSA) is 79.8 Å². The van der Waals surface area contributed by atoms with Crippen LogP contribution >= 0.6 is 0 Å². The first-order chi connectivity index (χ1) is 11.7. The molecule has 124 valence electrons. The van der Waals surface area contributed by atoms with Gasteiger partial charge in [0.25, 0.3) is 5.56 Å². The fourth-order valence-corrected chi connectivity index (χ4v) is 2.69. The molecule has 0 saturated carbocycles. The molecule has 1 aromatic carbocycles. The fourth-order valence-electron chi connectivity index (χ4n) is 2.69. The van der Waals surface area contributed by atoms with Crippen LogP contribution in [0.1, 0.15) is 18.4 Å². The van der Waals surface area contributed by atoms with Crippen molar-refractivity contribution in [2.45, 2.75) is 25.8 Å². The highest BCUT2D eigenvalue weighted by molar-refractivity contribution is 5.84. The predicted octanol–water partition coefficient (Wildman–Crippen LogP) is 1.86. The minimum Gasteiger partial charge on any atom is -0.361 e. The average Bonchev–Trinajstić information content (AvgIpc) is 3.01. The van der Waals surface area contributed by atoms with E-state index in [9.17, 15) is 9.59 Å². The summed E-state index contributed by atoms with van der Waals surface area (Å²) in [5, 5.41) is 8.04. The Bertz CT molecular complexity index is 882. The lowest BCUT2D eigenvalue weighted by molar-refractivity contribution is -0.121. The highest BCUT2D eigenvalue weighted by Crippen LogP contribution is 2.18. The van der Waals surface area contributed by atoms with Gasteiger partial charge in [-0.15, -0.1) is 0 Å². The van der Waals surface area contributed by atoms with Gasteiger partial charge in [0.15, 0.2) is 0 Å². The molecule has 2 N–H and O–H groups in total. The Hall–Kier alpha value is -2.89. The Morgan fingerprint density at radius 3 is 2.96 bits per heavy atom. The predicted molar refractivity (Wildman–Crippen MR) is 92.7 cm³/mol. The van der Waals surface area contributed by atoms with Gasteiger partial charge in [-0.3, -0.25) is 9.59 Å². The summed E-state index contributed by atoms with van der Waals surface area (Å²) in [5.74, 6) is 0.0219. The number of nitrogens with zero attached hydrogens (tertiary/aromatic N) is 2. The molecule has 6 heteroatoms. The Morgan fingerprint density at radius 2 is 2.08 bits per heavy atom. The molecule has 0 spiro atoms.